The van der Waals surface area contributed by atoms with Crippen molar-refractivity contribution in [3.8, 4) is 0 Å². The Morgan fingerprint density at radius 1 is 0.879 bits per heavy atom. The highest BCUT2D eigenvalue weighted by atomic mass is 18.2. The number of nitrogens with zero attached hydrogens (tertiary/aromatic N) is 3. The van der Waals surface area contributed by atoms with Gasteiger partial charge in [0.15, 0.2) is 5.70 Å². The predicted molar refractivity (Wildman–Crippen MR) is 139 cm³/mol. The lowest BCUT2D eigenvalue weighted by atomic mass is 9.57. The third kappa shape index (κ3) is 3.02. The molecule has 0 saturated heterocycles. The lowest BCUT2D eigenvalue weighted by Crippen LogP contribution is -2.63. The Balaban J connectivity index is 1.87. The minimum absolute atomic E-state index is 0.692. The SMILES string of the molecule is CC1=CC(C)=[N+]2C1=C(c1ccc([N+](C)(C)C)cc1)c1c(C)cc(C)n1[B-]2([18F])c1ccccc1. The Labute approximate surface area is 196 Å². The highest BCUT2D eigenvalue weighted by Gasteiger charge is 2.54. The van der Waals surface area contributed by atoms with Gasteiger partial charge in [0.2, 0.25) is 0 Å². The topological polar surface area (TPSA) is 7.94 Å². The first-order chi connectivity index (χ1) is 15.5. The Bertz CT molecular complexity index is 1370. The minimum Gasteiger partial charge on any atom is -0.423 e. The molecule has 3 aromatic rings. The molecule has 0 radical (unpaired) electrons. The van der Waals surface area contributed by atoms with Gasteiger partial charge in [-0.1, -0.05) is 35.8 Å². The summed E-state index contributed by atoms with van der Waals surface area (Å²) in [5.74, 6) is 0. The number of rotatable bonds is 3. The first kappa shape index (κ1) is 21.7. The molecule has 33 heavy (non-hydrogen) atoms. The van der Waals surface area contributed by atoms with Gasteiger partial charge in [-0.05, 0) is 67.9 Å². The van der Waals surface area contributed by atoms with Crippen LogP contribution in [0.2, 0.25) is 0 Å². The van der Waals surface area contributed by atoms with Crippen LogP contribution in [0.5, 0.6) is 0 Å². The molecule has 0 amide bonds. The van der Waals surface area contributed by atoms with E-state index in [2.05, 4.69) is 71.4 Å². The van der Waals surface area contributed by atoms with Crippen LogP contribution in [0.25, 0.3) is 5.57 Å². The van der Waals surface area contributed by atoms with Crippen LogP contribution in [-0.4, -0.2) is 42.5 Å². The van der Waals surface area contributed by atoms with Crippen LogP contribution in [0.3, 0.4) is 0 Å². The van der Waals surface area contributed by atoms with Crippen molar-refractivity contribution in [2.75, 3.05) is 21.1 Å². The molecule has 0 spiro atoms. The average Bonchev–Trinajstić information content (AvgIpc) is 3.24. The Kier molecular flexibility index (Phi) is 4.70. The number of hydrogen-bond donors (Lipinski definition) is 0. The molecule has 2 aliphatic rings. The van der Waals surface area contributed by atoms with Gasteiger partial charge in [0.1, 0.15) is 11.4 Å². The zero-order valence-corrected chi connectivity index (χ0v) is 20.6. The van der Waals surface area contributed by atoms with Gasteiger partial charge in [0.05, 0.1) is 26.7 Å². The summed E-state index contributed by atoms with van der Waals surface area (Å²) in [6.07, 6.45) is 2.12. The zero-order valence-electron chi connectivity index (χ0n) is 20.6. The second kappa shape index (κ2) is 7.16. The van der Waals surface area contributed by atoms with Gasteiger partial charge in [0, 0.05) is 24.3 Å². The first-order valence-electron chi connectivity index (χ1n) is 11.6. The van der Waals surface area contributed by atoms with Crippen LogP contribution < -0.4 is 9.95 Å². The average molecular weight is 439 g/mol. The molecule has 1 aromatic heterocycles. The van der Waals surface area contributed by atoms with Crippen LogP contribution >= 0.6 is 0 Å². The van der Waals surface area contributed by atoms with Gasteiger partial charge in [-0.25, -0.2) is 0 Å². The molecule has 0 N–H and O–H groups in total. The maximum Gasteiger partial charge on any atom is 0.578 e. The normalized spacial score (nSPS) is 20.2. The van der Waals surface area contributed by atoms with E-state index in [1.165, 1.54) is 5.69 Å². The molecule has 0 fully saturated rings. The second-order valence-electron chi connectivity index (χ2n) is 10.4. The minimum atomic E-state index is -2.72. The van der Waals surface area contributed by atoms with Gasteiger partial charge in [-0.3, -0.25) is 4.48 Å². The Morgan fingerprint density at radius 3 is 2.12 bits per heavy atom. The van der Waals surface area contributed by atoms with Gasteiger partial charge in [-0.2, -0.15) is 0 Å². The lowest BCUT2D eigenvalue weighted by molar-refractivity contribution is -0.345. The van der Waals surface area contributed by atoms with E-state index in [1.54, 1.807) is 0 Å². The molecule has 1 atom stereocenters. The maximum absolute atomic E-state index is 17.7. The largest absolute Gasteiger partial charge is 0.578 e. The second-order valence-corrected chi connectivity index (χ2v) is 10.4. The number of aromatic nitrogens is 1. The molecule has 3 nitrogen and oxygen atoms in total. The molecule has 0 aliphatic carbocycles. The number of benzene rings is 2. The molecule has 2 aromatic carbocycles. The summed E-state index contributed by atoms with van der Waals surface area (Å²) in [6.45, 7) is 5.51. The quantitative estimate of drug-likeness (QED) is 0.393. The van der Waals surface area contributed by atoms with Gasteiger partial charge < -0.3 is 13.3 Å². The summed E-state index contributed by atoms with van der Waals surface area (Å²) < 4.78 is 22.4. The van der Waals surface area contributed by atoms with Crippen molar-refractivity contribution >= 4 is 29.1 Å². The number of halogens is 1. The van der Waals surface area contributed by atoms with E-state index in [9.17, 15) is 0 Å². The van der Waals surface area contributed by atoms with Crippen molar-refractivity contribution in [3.63, 3.8) is 0 Å². The number of quaternary nitrogens is 1. The van der Waals surface area contributed by atoms with Gasteiger partial charge >= 0.3 is 6.69 Å². The summed E-state index contributed by atoms with van der Waals surface area (Å²) in [5.41, 5.74) is 10.2. The van der Waals surface area contributed by atoms with Crippen molar-refractivity contribution < 1.29 is 8.80 Å². The maximum atomic E-state index is 17.7. The Hall–Kier alpha value is -3.18. The fourth-order valence-corrected chi connectivity index (χ4v) is 5.72. The van der Waals surface area contributed by atoms with E-state index in [0.29, 0.717) is 5.46 Å². The Morgan fingerprint density at radius 2 is 1.52 bits per heavy atom. The fourth-order valence-electron chi connectivity index (χ4n) is 5.72. The van der Waals surface area contributed by atoms with Crippen molar-refractivity contribution in [2.45, 2.75) is 27.7 Å². The van der Waals surface area contributed by atoms with E-state index in [0.717, 1.165) is 49.6 Å². The summed E-state index contributed by atoms with van der Waals surface area (Å²) in [7, 11) is 6.50. The van der Waals surface area contributed by atoms with Crippen LogP contribution in [0.4, 0.5) is 10.0 Å². The van der Waals surface area contributed by atoms with Crippen molar-refractivity contribution in [3.05, 3.63) is 101 Å². The van der Waals surface area contributed by atoms with E-state index in [4.69, 9.17) is 0 Å². The third-order valence-corrected chi connectivity index (χ3v) is 7.15. The number of fused-ring (bicyclic) bond motifs is 2. The van der Waals surface area contributed by atoms with Gasteiger partial charge in [-0.15, -0.1) is 0 Å². The van der Waals surface area contributed by atoms with Crippen molar-refractivity contribution in [2.24, 2.45) is 0 Å². The number of allylic oxidation sites excluding steroid dienone is 2. The molecule has 168 valence electrons. The monoisotopic (exact) mass is 439 g/mol. The molecule has 5 rings (SSSR count). The van der Waals surface area contributed by atoms with Gasteiger partial charge in [0.25, 0.3) is 0 Å². The summed E-state index contributed by atoms with van der Waals surface area (Å²) >= 11 is 0. The smallest absolute Gasteiger partial charge is 0.423 e. The van der Waals surface area contributed by atoms with E-state index in [1.807, 2.05) is 53.1 Å². The van der Waals surface area contributed by atoms with E-state index >= 15 is 4.32 Å². The van der Waals surface area contributed by atoms with E-state index in [-0.39, 0.29) is 0 Å². The molecular weight excluding hydrogens is 407 g/mol. The molecule has 5 heteroatoms. The number of aryl methyl sites for hydroxylation is 2. The fraction of sp³-hybridized carbons (Fsp3) is 0.250. The summed E-state index contributed by atoms with van der Waals surface area (Å²) in [5, 5.41) is 0. The standard InChI is InChI=1S/C28H32BFN3/c1-19-17-21(3)31-27(19)26(23-13-15-25(16-14-23)33(5,6)7)28-20(2)18-22(4)32(28)29(31,30)24-11-9-8-10-12-24/h8-18H,1-7H3/q+1/i30-1. The summed E-state index contributed by atoms with van der Waals surface area (Å²) in [6, 6.07) is 20.5. The molecule has 2 aliphatic heterocycles. The van der Waals surface area contributed by atoms with E-state index < -0.39 is 6.69 Å². The van der Waals surface area contributed by atoms with Crippen molar-refractivity contribution in [1.82, 2.24) is 8.96 Å². The lowest BCUT2D eigenvalue weighted by Gasteiger charge is -2.40. The highest BCUT2D eigenvalue weighted by molar-refractivity contribution is 6.79. The zero-order chi connectivity index (χ0) is 23.7. The van der Waals surface area contributed by atoms with Crippen LogP contribution in [0.15, 0.2) is 78.0 Å². The molecular formula is C28H32BFN3+. The molecule has 1 unspecified atom stereocenters. The van der Waals surface area contributed by atoms with Crippen molar-refractivity contribution in [1.29, 1.82) is 0 Å². The first-order valence-corrected chi connectivity index (χ1v) is 11.6. The predicted octanol–water partition coefficient (Wildman–Crippen LogP) is 5.17. The summed E-state index contributed by atoms with van der Waals surface area (Å²) in [4.78, 5) is 0. The van der Waals surface area contributed by atoms with Crippen LogP contribution in [0, 0.1) is 13.8 Å². The molecule has 0 saturated carbocycles. The van der Waals surface area contributed by atoms with Crippen LogP contribution in [0.1, 0.15) is 36.4 Å². The third-order valence-electron chi connectivity index (χ3n) is 7.15. The molecule has 3 heterocycles. The van der Waals surface area contributed by atoms with Crippen LogP contribution in [-0.2, 0) is 0 Å². The number of hydrogen-bond acceptors (Lipinski definition) is 0. The molecule has 0 bridgehead atoms. The highest BCUT2D eigenvalue weighted by Crippen LogP contribution is 2.44.